The topological polar surface area (TPSA) is 45.2 Å². The van der Waals surface area contributed by atoms with Crippen molar-refractivity contribution in [3.63, 3.8) is 0 Å². The number of hydrogen-bond donors (Lipinski definition) is 1. The Morgan fingerprint density at radius 1 is 0.917 bits per heavy atom. The van der Waals surface area contributed by atoms with Gasteiger partial charge in [-0.2, -0.15) is 0 Å². The molecule has 0 aromatic heterocycles. The molecule has 1 unspecified atom stereocenters. The molecule has 5 nitrogen and oxygen atoms in total. The van der Waals surface area contributed by atoms with Crippen LogP contribution in [0.3, 0.4) is 0 Å². The molecule has 1 atom stereocenters. The highest BCUT2D eigenvalue weighted by atomic mass is 16.5. The van der Waals surface area contributed by atoms with Crippen LogP contribution in [0.15, 0.2) is 24.3 Å². The van der Waals surface area contributed by atoms with Crippen molar-refractivity contribution in [3.05, 3.63) is 35.4 Å². The van der Waals surface area contributed by atoms with E-state index in [4.69, 9.17) is 14.6 Å². The largest absolute Gasteiger partial charge is 0.394 e. The molecular formula is C19H30N2O3. The standard InChI is InChI=1S/C19H30N2O3/c22-11-12-23-13-14-24-16-18-6-4-17(5-7-18)15-21-10-2-9-20-8-1-3-19(20)21/h4-7,19,22H,1-3,8-16H2. The molecule has 5 heteroatoms. The molecule has 2 aliphatic heterocycles. The fraction of sp³-hybridized carbons (Fsp3) is 0.684. The summed E-state index contributed by atoms with van der Waals surface area (Å²) < 4.78 is 10.8. The van der Waals surface area contributed by atoms with E-state index in [1.54, 1.807) is 0 Å². The van der Waals surface area contributed by atoms with E-state index in [0.717, 1.165) is 6.54 Å². The van der Waals surface area contributed by atoms with Crippen molar-refractivity contribution in [1.82, 2.24) is 9.80 Å². The minimum absolute atomic E-state index is 0.0666. The number of aliphatic hydroxyl groups excluding tert-OH is 1. The zero-order valence-electron chi connectivity index (χ0n) is 14.5. The number of hydrogen-bond acceptors (Lipinski definition) is 5. The number of ether oxygens (including phenoxy) is 2. The highest BCUT2D eigenvalue weighted by Gasteiger charge is 2.32. The van der Waals surface area contributed by atoms with Gasteiger partial charge in [-0.15, -0.1) is 0 Å². The van der Waals surface area contributed by atoms with Gasteiger partial charge in [0.2, 0.25) is 0 Å². The van der Waals surface area contributed by atoms with E-state index in [9.17, 15) is 0 Å². The second-order valence-corrected chi connectivity index (χ2v) is 6.69. The molecule has 0 saturated carbocycles. The first-order valence-electron chi connectivity index (χ1n) is 9.19. The number of fused-ring (bicyclic) bond motifs is 1. The second kappa shape index (κ2) is 9.49. The van der Waals surface area contributed by atoms with Crippen LogP contribution in [0.1, 0.15) is 30.4 Å². The normalized spacial score (nSPS) is 22.0. The maximum absolute atomic E-state index is 8.62. The molecule has 2 heterocycles. The molecule has 24 heavy (non-hydrogen) atoms. The lowest BCUT2D eigenvalue weighted by atomic mass is 10.1. The van der Waals surface area contributed by atoms with Crippen LogP contribution in [0.5, 0.6) is 0 Å². The summed E-state index contributed by atoms with van der Waals surface area (Å²) in [5.41, 5.74) is 2.58. The van der Waals surface area contributed by atoms with E-state index in [1.807, 2.05) is 0 Å². The average Bonchev–Trinajstić information content (AvgIpc) is 3.09. The van der Waals surface area contributed by atoms with Crippen molar-refractivity contribution in [2.24, 2.45) is 0 Å². The van der Waals surface area contributed by atoms with Gasteiger partial charge in [0.05, 0.1) is 39.2 Å². The Morgan fingerprint density at radius 3 is 2.50 bits per heavy atom. The van der Waals surface area contributed by atoms with Crippen molar-refractivity contribution < 1.29 is 14.6 Å². The predicted octanol–water partition coefficient (Wildman–Crippen LogP) is 1.84. The summed E-state index contributed by atoms with van der Waals surface area (Å²) in [5, 5.41) is 8.62. The van der Waals surface area contributed by atoms with Crippen molar-refractivity contribution in [2.75, 3.05) is 46.1 Å². The highest BCUT2D eigenvalue weighted by molar-refractivity contribution is 5.22. The van der Waals surface area contributed by atoms with E-state index in [2.05, 4.69) is 34.1 Å². The molecule has 0 bridgehead atoms. The Bertz CT molecular complexity index is 480. The molecule has 1 aromatic carbocycles. The van der Waals surface area contributed by atoms with Crippen LogP contribution in [0.2, 0.25) is 0 Å². The quantitative estimate of drug-likeness (QED) is 0.698. The molecule has 1 aromatic rings. The predicted molar refractivity (Wildman–Crippen MR) is 93.6 cm³/mol. The third kappa shape index (κ3) is 5.01. The highest BCUT2D eigenvalue weighted by Crippen LogP contribution is 2.26. The maximum atomic E-state index is 8.62. The first-order valence-corrected chi connectivity index (χ1v) is 9.19. The molecule has 2 saturated heterocycles. The van der Waals surface area contributed by atoms with E-state index in [0.29, 0.717) is 32.6 Å². The zero-order valence-corrected chi connectivity index (χ0v) is 14.5. The Labute approximate surface area is 145 Å². The molecule has 2 fully saturated rings. The lowest BCUT2D eigenvalue weighted by molar-refractivity contribution is 0.0271. The summed E-state index contributed by atoms with van der Waals surface area (Å²) in [6.07, 6.45) is 4.63. The van der Waals surface area contributed by atoms with Crippen molar-refractivity contribution in [1.29, 1.82) is 0 Å². The van der Waals surface area contributed by atoms with Crippen LogP contribution in [0, 0.1) is 0 Å². The summed E-state index contributed by atoms with van der Waals surface area (Å²) in [6.45, 7) is 6.99. The van der Waals surface area contributed by atoms with Gasteiger partial charge >= 0.3 is 0 Å². The molecule has 3 rings (SSSR count). The third-order valence-electron chi connectivity index (χ3n) is 4.93. The zero-order chi connectivity index (χ0) is 16.6. The lowest BCUT2D eigenvalue weighted by Gasteiger charge is -2.40. The van der Waals surface area contributed by atoms with Crippen LogP contribution < -0.4 is 0 Å². The third-order valence-corrected chi connectivity index (χ3v) is 4.93. The summed E-state index contributed by atoms with van der Waals surface area (Å²) >= 11 is 0. The van der Waals surface area contributed by atoms with Gasteiger partial charge < -0.3 is 14.6 Å². The SMILES string of the molecule is OCCOCCOCc1ccc(CN2CCCN3CCCC32)cc1. The van der Waals surface area contributed by atoms with Gasteiger partial charge in [-0.05, 0) is 36.9 Å². The van der Waals surface area contributed by atoms with Gasteiger partial charge in [0, 0.05) is 19.6 Å². The van der Waals surface area contributed by atoms with Gasteiger partial charge in [-0.25, -0.2) is 0 Å². The van der Waals surface area contributed by atoms with E-state index in [1.165, 1.54) is 50.0 Å². The fourth-order valence-corrected chi connectivity index (χ4v) is 3.74. The van der Waals surface area contributed by atoms with Gasteiger partial charge in [0.1, 0.15) is 0 Å². The average molecular weight is 334 g/mol. The Kier molecular flexibility index (Phi) is 7.05. The molecule has 0 spiro atoms. The summed E-state index contributed by atoms with van der Waals surface area (Å²) in [6, 6.07) is 8.80. The Hall–Kier alpha value is -0.980. The summed E-state index contributed by atoms with van der Waals surface area (Å²) in [7, 11) is 0. The Morgan fingerprint density at radius 2 is 1.67 bits per heavy atom. The number of benzene rings is 1. The van der Waals surface area contributed by atoms with Crippen molar-refractivity contribution in [2.45, 2.75) is 38.6 Å². The van der Waals surface area contributed by atoms with Gasteiger partial charge in [0.15, 0.2) is 0 Å². The molecule has 0 amide bonds. The summed E-state index contributed by atoms with van der Waals surface area (Å²) in [4.78, 5) is 5.28. The molecule has 0 radical (unpaired) electrons. The van der Waals surface area contributed by atoms with Crippen molar-refractivity contribution in [3.8, 4) is 0 Å². The van der Waals surface area contributed by atoms with Crippen LogP contribution in [-0.2, 0) is 22.6 Å². The number of aliphatic hydroxyl groups is 1. The van der Waals surface area contributed by atoms with Gasteiger partial charge in [-0.1, -0.05) is 24.3 Å². The van der Waals surface area contributed by atoms with Crippen molar-refractivity contribution >= 4 is 0 Å². The first kappa shape index (κ1) is 17.8. The van der Waals surface area contributed by atoms with Crippen LogP contribution in [0.25, 0.3) is 0 Å². The minimum Gasteiger partial charge on any atom is -0.394 e. The second-order valence-electron chi connectivity index (χ2n) is 6.69. The van der Waals surface area contributed by atoms with Gasteiger partial charge in [-0.3, -0.25) is 9.80 Å². The molecule has 1 N–H and O–H groups in total. The van der Waals surface area contributed by atoms with E-state index < -0.39 is 0 Å². The maximum Gasteiger partial charge on any atom is 0.0718 e. The van der Waals surface area contributed by atoms with Crippen LogP contribution in [-0.4, -0.2) is 67.1 Å². The number of nitrogens with zero attached hydrogens (tertiary/aromatic N) is 2. The minimum atomic E-state index is 0.0666. The van der Waals surface area contributed by atoms with E-state index >= 15 is 0 Å². The number of rotatable bonds is 9. The lowest BCUT2D eigenvalue weighted by Crippen LogP contribution is -2.49. The fourth-order valence-electron chi connectivity index (χ4n) is 3.74. The molecule has 134 valence electrons. The monoisotopic (exact) mass is 334 g/mol. The van der Waals surface area contributed by atoms with Crippen LogP contribution in [0.4, 0.5) is 0 Å². The first-order chi connectivity index (χ1) is 11.9. The molecule has 0 aliphatic carbocycles. The Balaban J connectivity index is 1.41. The molecule has 2 aliphatic rings. The van der Waals surface area contributed by atoms with E-state index in [-0.39, 0.29) is 6.61 Å². The molecular weight excluding hydrogens is 304 g/mol. The smallest absolute Gasteiger partial charge is 0.0718 e. The van der Waals surface area contributed by atoms with Gasteiger partial charge in [0.25, 0.3) is 0 Å². The van der Waals surface area contributed by atoms with Crippen LogP contribution >= 0.6 is 0 Å². The summed E-state index contributed by atoms with van der Waals surface area (Å²) in [5.74, 6) is 0.